The van der Waals surface area contributed by atoms with E-state index in [-0.39, 0.29) is 7.92 Å². The second kappa shape index (κ2) is 6.90. The molecule has 1 aliphatic rings. The van der Waals surface area contributed by atoms with Crippen LogP contribution in [0.3, 0.4) is 0 Å². The molecule has 1 fully saturated rings. The van der Waals surface area contributed by atoms with Crippen LogP contribution in [-0.2, 0) is 14.2 Å². The van der Waals surface area contributed by atoms with Crippen LogP contribution >= 0.6 is 7.92 Å². The average molecular weight is 248 g/mol. The van der Waals surface area contributed by atoms with Crippen LogP contribution in [0.2, 0.25) is 0 Å². The summed E-state index contributed by atoms with van der Waals surface area (Å²) in [6, 6.07) is 0. The number of hydrogen-bond acceptors (Lipinski definition) is 3. The average Bonchev–Trinajstić information content (AvgIpc) is 2.29. The van der Waals surface area contributed by atoms with Gasteiger partial charge in [0.15, 0.2) is 5.79 Å². The van der Waals surface area contributed by atoms with E-state index in [1.54, 1.807) is 14.2 Å². The third-order valence-electron chi connectivity index (χ3n) is 3.25. The van der Waals surface area contributed by atoms with E-state index in [1.807, 2.05) is 0 Å². The zero-order valence-corrected chi connectivity index (χ0v) is 11.9. The van der Waals surface area contributed by atoms with Crippen molar-refractivity contribution >= 4 is 7.92 Å². The summed E-state index contributed by atoms with van der Waals surface area (Å²) >= 11 is 0. The minimum absolute atomic E-state index is 0.223. The van der Waals surface area contributed by atoms with Gasteiger partial charge in [0.2, 0.25) is 0 Å². The Morgan fingerprint density at radius 1 is 1.31 bits per heavy atom. The maximum absolute atomic E-state index is 5.77. The Morgan fingerprint density at radius 3 is 2.56 bits per heavy atom. The molecule has 16 heavy (non-hydrogen) atoms. The van der Waals surface area contributed by atoms with Gasteiger partial charge in [-0.2, -0.15) is 0 Å². The van der Waals surface area contributed by atoms with Crippen molar-refractivity contribution in [2.75, 3.05) is 40.3 Å². The first-order valence-electron chi connectivity index (χ1n) is 5.98. The standard InChI is InChI=1S/C12H25O3P/c1-13-12(14-2)7-8-15-11(10-12)6-5-9-16(3)4/h11H,5-10H2,1-4H3. The summed E-state index contributed by atoms with van der Waals surface area (Å²) in [5, 5.41) is 0. The fraction of sp³-hybridized carbons (Fsp3) is 1.00. The zero-order valence-electron chi connectivity index (χ0n) is 11.0. The highest BCUT2D eigenvalue weighted by atomic mass is 31.1. The Morgan fingerprint density at radius 2 is 2.00 bits per heavy atom. The van der Waals surface area contributed by atoms with Crippen molar-refractivity contribution in [1.82, 2.24) is 0 Å². The van der Waals surface area contributed by atoms with Crippen molar-refractivity contribution in [2.24, 2.45) is 0 Å². The van der Waals surface area contributed by atoms with Crippen LogP contribution in [0.5, 0.6) is 0 Å². The van der Waals surface area contributed by atoms with Crippen molar-refractivity contribution in [3.8, 4) is 0 Å². The van der Waals surface area contributed by atoms with E-state index in [0.29, 0.717) is 6.10 Å². The maximum Gasteiger partial charge on any atom is 0.172 e. The number of methoxy groups -OCH3 is 2. The van der Waals surface area contributed by atoms with E-state index in [4.69, 9.17) is 14.2 Å². The smallest absolute Gasteiger partial charge is 0.172 e. The summed E-state index contributed by atoms with van der Waals surface area (Å²) < 4.78 is 16.7. The maximum atomic E-state index is 5.77. The van der Waals surface area contributed by atoms with Gasteiger partial charge in [-0.05, 0) is 32.3 Å². The second-order valence-electron chi connectivity index (χ2n) is 4.71. The van der Waals surface area contributed by atoms with Crippen molar-refractivity contribution in [3.63, 3.8) is 0 Å². The third kappa shape index (κ3) is 4.29. The molecule has 0 spiro atoms. The highest BCUT2D eigenvalue weighted by molar-refractivity contribution is 7.55. The molecule has 1 rings (SSSR count). The molecule has 1 atom stereocenters. The molecular formula is C12H25O3P. The Bertz CT molecular complexity index is 193. The van der Waals surface area contributed by atoms with Gasteiger partial charge in [0, 0.05) is 27.1 Å². The summed E-state index contributed by atoms with van der Waals surface area (Å²) in [6.07, 6.45) is 5.74. The largest absolute Gasteiger partial charge is 0.378 e. The lowest BCUT2D eigenvalue weighted by atomic mass is 9.99. The van der Waals surface area contributed by atoms with E-state index < -0.39 is 5.79 Å². The first-order valence-corrected chi connectivity index (χ1v) is 8.40. The van der Waals surface area contributed by atoms with Crippen molar-refractivity contribution < 1.29 is 14.2 Å². The molecular weight excluding hydrogens is 223 g/mol. The van der Waals surface area contributed by atoms with Gasteiger partial charge >= 0.3 is 0 Å². The molecule has 0 bridgehead atoms. The Kier molecular flexibility index (Phi) is 6.20. The van der Waals surface area contributed by atoms with E-state index in [9.17, 15) is 0 Å². The number of ether oxygens (including phenoxy) is 3. The fourth-order valence-corrected chi connectivity index (χ4v) is 2.98. The first kappa shape index (κ1) is 14.4. The zero-order chi connectivity index (χ0) is 12.0. The lowest BCUT2D eigenvalue weighted by Gasteiger charge is -2.38. The molecule has 0 saturated carbocycles. The van der Waals surface area contributed by atoms with Gasteiger partial charge in [0.1, 0.15) is 0 Å². The summed E-state index contributed by atoms with van der Waals surface area (Å²) in [4.78, 5) is 0. The predicted octanol–water partition coefficient (Wildman–Crippen LogP) is 2.68. The Labute approximate surface area is 101 Å². The van der Waals surface area contributed by atoms with Crippen LogP contribution < -0.4 is 0 Å². The van der Waals surface area contributed by atoms with Crippen LogP contribution in [0.4, 0.5) is 0 Å². The fourth-order valence-electron chi connectivity index (χ4n) is 2.16. The van der Waals surface area contributed by atoms with Gasteiger partial charge in [-0.15, -0.1) is 7.92 Å². The summed E-state index contributed by atoms with van der Waals surface area (Å²) in [5.74, 6) is -0.397. The van der Waals surface area contributed by atoms with E-state index in [1.165, 1.54) is 12.6 Å². The number of hydrogen-bond donors (Lipinski definition) is 0. The number of rotatable bonds is 6. The monoisotopic (exact) mass is 248 g/mol. The highest BCUT2D eigenvalue weighted by Crippen LogP contribution is 2.32. The van der Waals surface area contributed by atoms with Crippen LogP contribution in [0.25, 0.3) is 0 Å². The minimum atomic E-state index is -0.397. The van der Waals surface area contributed by atoms with E-state index >= 15 is 0 Å². The van der Waals surface area contributed by atoms with Gasteiger partial charge in [0.25, 0.3) is 0 Å². The summed E-state index contributed by atoms with van der Waals surface area (Å²) in [5.41, 5.74) is 0. The molecule has 3 nitrogen and oxygen atoms in total. The molecule has 0 aliphatic carbocycles. The van der Waals surface area contributed by atoms with Crippen molar-refractivity contribution in [2.45, 2.75) is 37.6 Å². The molecule has 1 heterocycles. The molecule has 0 radical (unpaired) electrons. The normalized spacial score (nSPS) is 24.9. The molecule has 1 saturated heterocycles. The van der Waals surface area contributed by atoms with Gasteiger partial charge < -0.3 is 14.2 Å². The molecule has 0 aromatic carbocycles. The summed E-state index contributed by atoms with van der Waals surface area (Å²) in [7, 11) is 3.67. The summed E-state index contributed by atoms with van der Waals surface area (Å²) in [6.45, 7) is 5.40. The van der Waals surface area contributed by atoms with E-state index in [0.717, 1.165) is 25.9 Å². The molecule has 0 aromatic heterocycles. The molecule has 1 unspecified atom stereocenters. The van der Waals surface area contributed by atoms with Crippen molar-refractivity contribution in [1.29, 1.82) is 0 Å². The topological polar surface area (TPSA) is 27.7 Å². The molecule has 4 heteroatoms. The quantitative estimate of drug-likeness (QED) is 0.534. The molecule has 0 N–H and O–H groups in total. The van der Waals surface area contributed by atoms with Gasteiger partial charge in [0.05, 0.1) is 12.7 Å². The predicted molar refractivity (Wildman–Crippen MR) is 68.6 cm³/mol. The van der Waals surface area contributed by atoms with Crippen LogP contribution in [0, 0.1) is 0 Å². The minimum Gasteiger partial charge on any atom is -0.378 e. The molecule has 0 amide bonds. The van der Waals surface area contributed by atoms with Gasteiger partial charge in [-0.25, -0.2) is 0 Å². The lowest BCUT2D eigenvalue weighted by molar-refractivity contribution is -0.257. The van der Waals surface area contributed by atoms with E-state index in [2.05, 4.69) is 13.3 Å². The second-order valence-corrected chi connectivity index (χ2v) is 7.32. The van der Waals surface area contributed by atoms with Gasteiger partial charge in [-0.3, -0.25) is 0 Å². The third-order valence-corrected chi connectivity index (χ3v) is 4.46. The molecule has 0 aromatic rings. The van der Waals surface area contributed by atoms with Crippen molar-refractivity contribution in [3.05, 3.63) is 0 Å². The van der Waals surface area contributed by atoms with Gasteiger partial charge in [-0.1, -0.05) is 0 Å². The Balaban J connectivity index is 2.32. The molecule has 1 aliphatic heterocycles. The van der Waals surface area contributed by atoms with Crippen LogP contribution in [-0.4, -0.2) is 52.2 Å². The highest BCUT2D eigenvalue weighted by Gasteiger charge is 2.36. The Hall–Kier alpha value is 0.310. The van der Waals surface area contributed by atoms with Crippen LogP contribution in [0.15, 0.2) is 0 Å². The van der Waals surface area contributed by atoms with Crippen LogP contribution in [0.1, 0.15) is 25.7 Å². The lowest BCUT2D eigenvalue weighted by Crippen LogP contribution is -2.43. The first-order chi connectivity index (χ1) is 7.62. The molecule has 96 valence electrons. The SMILES string of the molecule is COC1(OC)CCOC(CCCP(C)C)C1.